The van der Waals surface area contributed by atoms with Gasteiger partial charge in [0.15, 0.2) is 0 Å². The highest BCUT2D eigenvalue weighted by atomic mass is 35.5. The van der Waals surface area contributed by atoms with E-state index in [4.69, 9.17) is 11.6 Å². The van der Waals surface area contributed by atoms with E-state index in [-0.39, 0.29) is 10.9 Å². The number of hydrogen-bond acceptors (Lipinski definition) is 2. The predicted octanol–water partition coefficient (Wildman–Crippen LogP) is 4.27. The molecular formula is C20H19ClFNO3. The summed E-state index contributed by atoms with van der Waals surface area (Å²) >= 11 is 5.66. The van der Waals surface area contributed by atoms with Gasteiger partial charge in [-0.2, -0.15) is 0 Å². The van der Waals surface area contributed by atoms with Gasteiger partial charge in [0, 0.05) is 18.7 Å². The normalized spacial score (nSPS) is 15.1. The first-order valence-electron chi connectivity index (χ1n) is 8.51. The Hall–Kier alpha value is -2.40. The summed E-state index contributed by atoms with van der Waals surface area (Å²) in [7, 11) is 0. The molecule has 26 heavy (non-hydrogen) atoms. The topological polar surface area (TPSA) is 57.6 Å². The predicted molar refractivity (Wildman–Crippen MR) is 97.1 cm³/mol. The second kappa shape index (κ2) is 7.87. The number of carbonyl (C=O) groups excluding carboxylic acids is 1. The fraction of sp³-hybridized carbons (Fsp3) is 0.300. The summed E-state index contributed by atoms with van der Waals surface area (Å²) in [4.78, 5) is 25.5. The quantitative estimate of drug-likeness (QED) is 0.868. The van der Waals surface area contributed by atoms with Crippen LogP contribution < -0.4 is 0 Å². The molecule has 2 aromatic carbocycles. The third-order valence-corrected chi connectivity index (χ3v) is 5.13. The highest BCUT2D eigenvalue weighted by Crippen LogP contribution is 2.25. The fourth-order valence-electron chi connectivity index (χ4n) is 3.37. The number of halogens is 2. The molecule has 1 saturated heterocycles. The third kappa shape index (κ3) is 4.05. The van der Waals surface area contributed by atoms with Gasteiger partial charge in [0.1, 0.15) is 5.82 Å². The van der Waals surface area contributed by atoms with Crippen LogP contribution in [-0.2, 0) is 6.42 Å². The molecule has 6 heteroatoms. The molecule has 1 amide bonds. The van der Waals surface area contributed by atoms with Crippen LogP contribution in [-0.4, -0.2) is 35.0 Å². The van der Waals surface area contributed by atoms with Crippen molar-refractivity contribution < 1.29 is 19.1 Å². The number of carbonyl (C=O) groups is 2. The van der Waals surface area contributed by atoms with Crippen LogP contribution in [0.25, 0.3) is 0 Å². The minimum absolute atomic E-state index is 0.00245. The highest BCUT2D eigenvalue weighted by molar-refractivity contribution is 6.30. The fourth-order valence-corrected chi connectivity index (χ4v) is 3.49. The monoisotopic (exact) mass is 375 g/mol. The van der Waals surface area contributed by atoms with Gasteiger partial charge in [0.05, 0.1) is 10.6 Å². The van der Waals surface area contributed by atoms with E-state index in [2.05, 4.69) is 0 Å². The van der Waals surface area contributed by atoms with E-state index in [1.165, 1.54) is 18.2 Å². The average Bonchev–Trinajstić information content (AvgIpc) is 2.64. The number of amides is 1. The maximum atomic E-state index is 13.6. The first kappa shape index (κ1) is 18.4. The molecule has 1 N–H and O–H groups in total. The number of rotatable bonds is 4. The molecule has 136 valence electrons. The largest absolute Gasteiger partial charge is 0.478 e. The van der Waals surface area contributed by atoms with Crippen molar-refractivity contribution in [2.45, 2.75) is 19.3 Å². The Labute approximate surface area is 156 Å². The van der Waals surface area contributed by atoms with Crippen molar-refractivity contribution in [2.24, 2.45) is 5.92 Å². The number of carboxylic acid groups (broad SMARTS) is 1. The molecule has 2 aromatic rings. The van der Waals surface area contributed by atoms with Crippen molar-refractivity contribution in [2.75, 3.05) is 13.1 Å². The second-order valence-corrected chi connectivity index (χ2v) is 6.94. The molecule has 0 spiro atoms. The first-order valence-corrected chi connectivity index (χ1v) is 8.89. The zero-order chi connectivity index (χ0) is 18.7. The number of likely N-dealkylation sites (tertiary alicyclic amines) is 1. The lowest BCUT2D eigenvalue weighted by Crippen LogP contribution is -2.39. The van der Waals surface area contributed by atoms with E-state index in [0.29, 0.717) is 36.6 Å². The van der Waals surface area contributed by atoms with Gasteiger partial charge < -0.3 is 10.0 Å². The molecular weight excluding hydrogens is 357 g/mol. The summed E-state index contributed by atoms with van der Waals surface area (Å²) in [6, 6.07) is 11.1. The van der Waals surface area contributed by atoms with E-state index in [1.807, 2.05) is 12.1 Å². The smallest absolute Gasteiger partial charge is 0.335 e. The molecule has 0 aliphatic carbocycles. The van der Waals surface area contributed by atoms with Gasteiger partial charge in [-0.05, 0) is 55.0 Å². The zero-order valence-electron chi connectivity index (χ0n) is 14.1. The SMILES string of the molecule is O=C(O)c1ccccc1CC1CCN(C(=O)c2ccc(Cl)c(F)c2)CC1. The number of hydrogen-bond donors (Lipinski definition) is 1. The number of benzene rings is 2. The Bertz CT molecular complexity index is 832. The molecule has 1 heterocycles. The van der Waals surface area contributed by atoms with E-state index in [0.717, 1.165) is 18.4 Å². The lowest BCUT2D eigenvalue weighted by molar-refractivity contribution is 0.0690. The van der Waals surface area contributed by atoms with Crippen LogP contribution >= 0.6 is 11.6 Å². The Kier molecular flexibility index (Phi) is 5.57. The van der Waals surface area contributed by atoms with Crippen LogP contribution in [0.2, 0.25) is 5.02 Å². The van der Waals surface area contributed by atoms with Gasteiger partial charge in [-0.3, -0.25) is 4.79 Å². The van der Waals surface area contributed by atoms with E-state index in [1.54, 1.807) is 17.0 Å². The van der Waals surface area contributed by atoms with Gasteiger partial charge in [0.2, 0.25) is 0 Å². The molecule has 3 rings (SSSR count). The average molecular weight is 376 g/mol. The Morgan fingerprint density at radius 3 is 2.50 bits per heavy atom. The van der Waals surface area contributed by atoms with Crippen molar-refractivity contribution in [3.8, 4) is 0 Å². The second-order valence-electron chi connectivity index (χ2n) is 6.53. The molecule has 1 fully saturated rings. The van der Waals surface area contributed by atoms with E-state index < -0.39 is 11.8 Å². The Morgan fingerprint density at radius 1 is 1.15 bits per heavy atom. The third-order valence-electron chi connectivity index (χ3n) is 4.82. The van der Waals surface area contributed by atoms with E-state index in [9.17, 15) is 19.1 Å². The Morgan fingerprint density at radius 2 is 1.85 bits per heavy atom. The summed E-state index contributed by atoms with van der Waals surface area (Å²) in [6.45, 7) is 1.14. The van der Waals surface area contributed by atoms with Gasteiger partial charge in [-0.25, -0.2) is 9.18 Å². The molecule has 0 unspecified atom stereocenters. The first-order chi connectivity index (χ1) is 12.5. The van der Waals surface area contributed by atoms with Crippen LogP contribution in [0.5, 0.6) is 0 Å². The van der Waals surface area contributed by atoms with Crippen molar-refractivity contribution in [1.82, 2.24) is 4.90 Å². The minimum Gasteiger partial charge on any atom is -0.478 e. The van der Waals surface area contributed by atoms with Crippen molar-refractivity contribution in [3.63, 3.8) is 0 Å². The van der Waals surface area contributed by atoms with Crippen LogP contribution in [0.15, 0.2) is 42.5 Å². The number of nitrogens with zero attached hydrogens (tertiary/aromatic N) is 1. The van der Waals surface area contributed by atoms with Crippen molar-refractivity contribution in [3.05, 3.63) is 70.0 Å². The van der Waals surface area contributed by atoms with Crippen LogP contribution in [0.3, 0.4) is 0 Å². The minimum atomic E-state index is -0.919. The lowest BCUT2D eigenvalue weighted by Gasteiger charge is -2.32. The maximum Gasteiger partial charge on any atom is 0.335 e. The van der Waals surface area contributed by atoms with Crippen LogP contribution in [0.4, 0.5) is 4.39 Å². The molecule has 0 bridgehead atoms. The number of carboxylic acids is 1. The van der Waals surface area contributed by atoms with Gasteiger partial charge in [0.25, 0.3) is 5.91 Å². The summed E-state index contributed by atoms with van der Waals surface area (Å²) in [5, 5.41) is 9.28. The molecule has 0 saturated carbocycles. The molecule has 1 aliphatic heterocycles. The maximum absolute atomic E-state index is 13.6. The summed E-state index contributed by atoms with van der Waals surface area (Å²) in [5.74, 6) is -1.40. The Balaban J connectivity index is 1.61. The zero-order valence-corrected chi connectivity index (χ0v) is 14.9. The number of aromatic carboxylic acids is 1. The van der Waals surface area contributed by atoms with E-state index >= 15 is 0 Å². The van der Waals surface area contributed by atoms with Gasteiger partial charge in [-0.15, -0.1) is 0 Å². The molecule has 4 nitrogen and oxygen atoms in total. The molecule has 0 radical (unpaired) electrons. The summed E-state index contributed by atoms with van der Waals surface area (Å²) in [5.41, 5.74) is 1.45. The molecule has 0 aromatic heterocycles. The van der Waals surface area contributed by atoms with Crippen LogP contribution in [0.1, 0.15) is 39.1 Å². The molecule has 1 aliphatic rings. The highest BCUT2D eigenvalue weighted by Gasteiger charge is 2.25. The van der Waals surface area contributed by atoms with Gasteiger partial charge >= 0.3 is 5.97 Å². The van der Waals surface area contributed by atoms with Crippen molar-refractivity contribution >= 4 is 23.5 Å². The lowest BCUT2D eigenvalue weighted by atomic mass is 9.88. The standard InChI is InChI=1S/C20H19ClFNO3/c21-17-6-5-15(12-18(17)22)19(24)23-9-7-13(8-10-23)11-14-3-1-2-4-16(14)20(25)26/h1-6,12-13H,7-11H2,(H,25,26). The summed E-state index contributed by atoms with van der Waals surface area (Å²) in [6.07, 6.45) is 2.26. The van der Waals surface area contributed by atoms with Gasteiger partial charge in [-0.1, -0.05) is 29.8 Å². The summed E-state index contributed by atoms with van der Waals surface area (Å²) < 4.78 is 13.6. The number of piperidine rings is 1. The molecule has 0 atom stereocenters. The van der Waals surface area contributed by atoms with Crippen molar-refractivity contribution in [1.29, 1.82) is 0 Å². The van der Waals surface area contributed by atoms with Crippen LogP contribution in [0, 0.1) is 11.7 Å².